The van der Waals surface area contributed by atoms with Gasteiger partial charge in [0, 0.05) is 25.3 Å². The molecule has 0 radical (unpaired) electrons. The van der Waals surface area contributed by atoms with Gasteiger partial charge in [0.05, 0.1) is 31.4 Å². The number of fused-ring (bicyclic) bond motifs is 1. The van der Waals surface area contributed by atoms with Crippen molar-refractivity contribution in [2.24, 2.45) is 5.92 Å². The molecule has 1 saturated heterocycles. The number of hydrogen-bond donors (Lipinski definition) is 1. The number of imidazole rings is 1. The number of methoxy groups -OCH3 is 1. The highest BCUT2D eigenvalue weighted by atomic mass is 16.5. The average Bonchev–Trinajstić information content (AvgIpc) is 3.45. The number of morpholine rings is 1. The molecule has 1 aromatic heterocycles. The lowest BCUT2D eigenvalue weighted by atomic mass is 10.2. The molecule has 0 atom stereocenters. The molecule has 1 aliphatic carbocycles. The van der Waals surface area contributed by atoms with E-state index in [1.807, 2.05) is 18.2 Å². The van der Waals surface area contributed by atoms with Crippen molar-refractivity contribution in [1.82, 2.24) is 14.9 Å². The molecule has 0 spiro atoms. The Bertz CT molecular complexity index is 794. The fourth-order valence-electron chi connectivity index (χ4n) is 3.63. The van der Waals surface area contributed by atoms with Crippen molar-refractivity contribution < 1.29 is 14.3 Å². The predicted octanol–water partition coefficient (Wildman–Crippen LogP) is 3.02. The maximum Gasteiger partial charge on any atom is 0.330 e. The van der Waals surface area contributed by atoms with E-state index in [4.69, 9.17) is 9.47 Å². The third-order valence-corrected chi connectivity index (χ3v) is 5.38. The molecule has 2 aliphatic rings. The molecule has 4 rings (SSSR count). The second kappa shape index (κ2) is 8.17. The van der Waals surface area contributed by atoms with Crippen LogP contribution in [0, 0.1) is 5.92 Å². The normalized spacial score (nSPS) is 17.3. The van der Waals surface area contributed by atoms with Crippen molar-refractivity contribution in [3.8, 4) is 6.01 Å². The molecule has 1 saturated carbocycles. The number of carbonyl (C=O) groups is 1. The Labute approximate surface area is 159 Å². The summed E-state index contributed by atoms with van der Waals surface area (Å²) in [6.45, 7) is 3.83. The molecule has 1 N–H and O–H groups in total. The van der Waals surface area contributed by atoms with Gasteiger partial charge in [-0.15, -0.1) is 0 Å². The lowest BCUT2D eigenvalue weighted by Gasteiger charge is -2.28. The molecule has 0 bridgehead atoms. The lowest BCUT2D eigenvalue weighted by molar-refractivity contribution is 0.122. The van der Waals surface area contributed by atoms with Gasteiger partial charge >= 0.3 is 12.0 Å². The zero-order chi connectivity index (χ0) is 18.6. The first kappa shape index (κ1) is 18.1. The van der Waals surface area contributed by atoms with Crippen LogP contribution >= 0.6 is 0 Å². The van der Waals surface area contributed by atoms with Gasteiger partial charge in [-0.3, -0.25) is 0 Å². The Hall–Kier alpha value is -2.28. The second-order valence-corrected chi connectivity index (χ2v) is 7.38. The molecule has 7 heteroatoms. The zero-order valence-electron chi connectivity index (χ0n) is 15.9. The highest BCUT2D eigenvalue weighted by Crippen LogP contribution is 2.33. The highest BCUT2D eigenvalue weighted by molar-refractivity contribution is 5.92. The minimum Gasteiger partial charge on any atom is -0.468 e. The van der Waals surface area contributed by atoms with Crippen LogP contribution < -0.4 is 15.0 Å². The SMILES string of the molecule is COc1nc2ccc(N3CCOCC3)cc2n1C(=O)NCCCCC1CC1. The molecule has 1 aromatic carbocycles. The molecule has 1 amide bonds. The second-order valence-electron chi connectivity index (χ2n) is 7.38. The van der Waals surface area contributed by atoms with Gasteiger partial charge < -0.3 is 19.7 Å². The Morgan fingerprint density at radius 2 is 2.11 bits per heavy atom. The smallest absolute Gasteiger partial charge is 0.330 e. The first-order valence-electron chi connectivity index (χ1n) is 9.93. The van der Waals surface area contributed by atoms with Crippen molar-refractivity contribution in [2.75, 3.05) is 44.9 Å². The van der Waals surface area contributed by atoms with Gasteiger partial charge in [0.2, 0.25) is 0 Å². The highest BCUT2D eigenvalue weighted by Gasteiger charge is 2.21. The summed E-state index contributed by atoms with van der Waals surface area (Å²) in [4.78, 5) is 19.5. The number of ether oxygens (including phenoxy) is 2. The van der Waals surface area contributed by atoms with E-state index in [1.165, 1.54) is 25.7 Å². The van der Waals surface area contributed by atoms with Crippen LogP contribution in [0.15, 0.2) is 18.2 Å². The topological polar surface area (TPSA) is 68.6 Å². The van der Waals surface area contributed by atoms with Crippen molar-refractivity contribution in [3.63, 3.8) is 0 Å². The first-order valence-corrected chi connectivity index (χ1v) is 9.93. The quantitative estimate of drug-likeness (QED) is 0.757. The fraction of sp³-hybridized carbons (Fsp3) is 0.600. The number of carbonyl (C=O) groups excluding carboxylic acids is 1. The largest absolute Gasteiger partial charge is 0.468 e. The Balaban J connectivity index is 1.49. The summed E-state index contributed by atoms with van der Waals surface area (Å²) in [5, 5.41) is 3.02. The lowest BCUT2D eigenvalue weighted by Crippen LogP contribution is -2.36. The number of amides is 1. The average molecular weight is 372 g/mol. The van der Waals surface area contributed by atoms with Gasteiger partial charge in [-0.05, 0) is 30.5 Å². The van der Waals surface area contributed by atoms with Crippen molar-refractivity contribution in [3.05, 3.63) is 18.2 Å². The van der Waals surface area contributed by atoms with Gasteiger partial charge in [0.25, 0.3) is 0 Å². The Morgan fingerprint density at radius 1 is 1.30 bits per heavy atom. The van der Waals surface area contributed by atoms with E-state index in [-0.39, 0.29) is 6.03 Å². The monoisotopic (exact) mass is 372 g/mol. The summed E-state index contributed by atoms with van der Waals surface area (Å²) >= 11 is 0. The fourth-order valence-corrected chi connectivity index (χ4v) is 3.63. The van der Waals surface area contributed by atoms with Gasteiger partial charge in [-0.1, -0.05) is 25.7 Å². The van der Waals surface area contributed by atoms with Gasteiger partial charge in [-0.25, -0.2) is 9.36 Å². The van der Waals surface area contributed by atoms with Gasteiger partial charge in [0.15, 0.2) is 0 Å². The molecule has 146 valence electrons. The van der Waals surface area contributed by atoms with Crippen LogP contribution in [-0.4, -0.2) is 55.5 Å². The van der Waals surface area contributed by atoms with Gasteiger partial charge in [0.1, 0.15) is 0 Å². The molecule has 1 aliphatic heterocycles. The summed E-state index contributed by atoms with van der Waals surface area (Å²) in [6, 6.07) is 6.14. The van der Waals surface area contributed by atoms with E-state index in [0.717, 1.165) is 55.4 Å². The van der Waals surface area contributed by atoms with E-state index in [0.29, 0.717) is 12.6 Å². The van der Waals surface area contributed by atoms with Crippen LogP contribution in [0.2, 0.25) is 0 Å². The van der Waals surface area contributed by atoms with E-state index in [2.05, 4.69) is 15.2 Å². The number of benzene rings is 1. The molecule has 27 heavy (non-hydrogen) atoms. The molecule has 0 unspecified atom stereocenters. The summed E-state index contributed by atoms with van der Waals surface area (Å²) in [7, 11) is 1.55. The number of hydrogen-bond acceptors (Lipinski definition) is 5. The molecule has 2 aromatic rings. The van der Waals surface area contributed by atoms with Crippen LogP contribution in [0.25, 0.3) is 11.0 Å². The van der Waals surface area contributed by atoms with Crippen LogP contribution in [-0.2, 0) is 4.74 Å². The number of unbranched alkanes of at least 4 members (excludes halogenated alkanes) is 1. The number of rotatable bonds is 7. The number of anilines is 1. The van der Waals surface area contributed by atoms with E-state index < -0.39 is 0 Å². The van der Waals surface area contributed by atoms with Crippen LogP contribution in [0.4, 0.5) is 10.5 Å². The van der Waals surface area contributed by atoms with Crippen LogP contribution in [0.3, 0.4) is 0 Å². The maximum atomic E-state index is 12.8. The minimum atomic E-state index is -0.181. The summed E-state index contributed by atoms with van der Waals surface area (Å²) in [6.07, 6.45) is 6.24. The van der Waals surface area contributed by atoms with Crippen molar-refractivity contribution in [2.45, 2.75) is 32.1 Å². The minimum absolute atomic E-state index is 0.181. The molecule has 2 heterocycles. The Morgan fingerprint density at radius 3 is 2.85 bits per heavy atom. The van der Waals surface area contributed by atoms with Gasteiger partial charge in [-0.2, -0.15) is 4.98 Å². The standard InChI is InChI=1S/C20H28N4O3/c1-26-20-22-17-8-7-16(23-10-12-27-13-11-23)14-18(17)24(20)19(25)21-9-3-2-4-15-5-6-15/h7-8,14-15H,2-6,9-13H2,1H3,(H,21,25). The Kier molecular flexibility index (Phi) is 5.48. The summed E-state index contributed by atoms with van der Waals surface area (Å²) in [5.41, 5.74) is 2.60. The third kappa shape index (κ3) is 4.18. The maximum absolute atomic E-state index is 12.8. The summed E-state index contributed by atoms with van der Waals surface area (Å²) < 4.78 is 12.3. The van der Waals surface area contributed by atoms with Crippen LogP contribution in [0.1, 0.15) is 32.1 Å². The molecule has 2 fully saturated rings. The van der Waals surface area contributed by atoms with Crippen molar-refractivity contribution in [1.29, 1.82) is 0 Å². The first-order chi connectivity index (χ1) is 13.3. The predicted molar refractivity (Wildman–Crippen MR) is 105 cm³/mol. The third-order valence-electron chi connectivity index (χ3n) is 5.38. The number of aromatic nitrogens is 2. The van der Waals surface area contributed by atoms with Crippen molar-refractivity contribution >= 4 is 22.8 Å². The molecular formula is C20H28N4O3. The summed E-state index contributed by atoms with van der Waals surface area (Å²) in [5.74, 6) is 0.942. The van der Waals surface area contributed by atoms with Crippen LogP contribution in [0.5, 0.6) is 6.01 Å². The van der Waals surface area contributed by atoms with E-state index in [1.54, 1.807) is 11.7 Å². The molecular weight excluding hydrogens is 344 g/mol. The molecule has 7 nitrogen and oxygen atoms in total. The van der Waals surface area contributed by atoms with E-state index >= 15 is 0 Å². The zero-order valence-corrected chi connectivity index (χ0v) is 15.9. The number of nitrogens with zero attached hydrogens (tertiary/aromatic N) is 3. The van der Waals surface area contributed by atoms with E-state index in [9.17, 15) is 4.79 Å². The number of nitrogens with one attached hydrogen (secondary N) is 1.